The Morgan fingerprint density at radius 1 is 0.831 bits per heavy atom. The number of aryl methyl sites for hydroxylation is 1. The lowest BCUT2D eigenvalue weighted by Gasteiger charge is -2.26. The van der Waals surface area contributed by atoms with Crippen LogP contribution in [0.5, 0.6) is 0 Å². The molecule has 2 aromatic rings. The smallest absolute Gasteiger partial charge is 0.106 e. The number of hydrogen-bond acceptors (Lipinski definition) is 5. The molecule has 0 aromatic heterocycles. The first-order valence-corrected chi connectivity index (χ1v) is 25.8. The highest BCUT2D eigenvalue weighted by Gasteiger charge is 2.51. The Morgan fingerprint density at radius 2 is 1.46 bits per heavy atom. The molecule has 5 heteroatoms. The molecule has 0 aliphatic heterocycles. The molecule has 3 N–H and O–H groups in total. The molecule has 2 bridgehead atoms. The van der Waals surface area contributed by atoms with Gasteiger partial charge < -0.3 is 24.9 Å². The highest BCUT2D eigenvalue weighted by molar-refractivity contribution is 5.22. The molecule has 3 saturated carbocycles. The molecule has 6 rings (SSSR count). The molecule has 0 radical (unpaired) electrons. The van der Waals surface area contributed by atoms with Crippen LogP contribution >= 0.6 is 0 Å². The third kappa shape index (κ3) is 28.2. The maximum absolute atomic E-state index is 9.78. The van der Waals surface area contributed by atoms with Gasteiger partial charge in [0.1, 0.15) is 6.79 Å². The minimum absolute atomic E-state index is 0.00134. The van der Waals surface area contributed by atoms with Crippen molar-refractivity contribution in [2.24, 2.45) is 35.0 Å². The van der Waals surface area contributed by atoms with Crippen LogP contribution in [-0.4, -0.2) is 53.6 Å². The summed E-state index contributed by atoms with van der Waals surface area (Å²) >= 11 is 0. The molecule has 5 nitrogen and oxygen atoms in total. The molecule has 0 saturated heterocycles. The fourth-order valence-corrected chi connectivity index (χ4v) is 9.70. The Balaban J connectivity index is 0.000000406. The number of aliphatic hydroxyl groups is 3. The van der Waals surface area contributed by atoms with Gasteiger partial charge in [0.25, 0.3) is 0 Å². The monoisotopic (exact) mass is 901 g/mol. The van der Waals surface area contributed by atoms with Crippen LogP contribution in [0.4, 0.5) is 0 Å². The average Bonchev–Trinajstić information content (AvgIpc) is 4.02. The van der Waals surface area contributed by atoms with Crippen LogP contribution in [0.15, 0.2) is 95.6 Å². The minimum Gasteiger partial charge on any atom is -0.396 e. The van der Waals surface area contributed by atoms with Gasteiger partial charge in [0.15, 0.2) is 0 Å². The van der Waals surface area contributed by atoms with E-state index in [0.29, 0.717) is 0 Å². The first-order chi connectivity index (χ1) is 30.9. The van der Waals surface area contributed by atoms with E-state index in [1.54, 1.807) is 19.1 Å². The molecule has 2 aromatic carbocycles. The van der Waals surface area contributed by atoms with Crippen LogP contribution in [-0.2, 0) is 22.4 Å². The highest BCUT2D eigenvalue weighted by atomic mass is 16.5. The van der Waals surface area contributed by atoms with Crippen LogP contribution in [0, 0.1) is 35.0 Å². The number of aliphatic hydroxyl groups excluding tert-OH is 1. The summed E-state index contributed by atoms with van der Waals surface area (Å²) in [5.74, 6) is 5.06. The second kappa shape index (κ2) is 33.6. The number of methoxy groups -OCH3 is 1. The van der Waals surface area contributed by atoms with Crippen LogP contribution in [0.2, 0.25) is 0 Å². The molecular formula is C60H100O5. The van der Waals surface area contributed by atoms with Crippen molar-refractivity contribution in [3.63, 3.8) is 0 Å². The summed E-state index contributed by atoms with van der Waals surface area (Å²) in [4.78, 5) is 8.00. The van der Waals surface area contributed by atoms with Crippen molar-refractivity contribution < 1.29 is 24.9 Å². The SMILES string of the molecule is C=O.CC(C)(CO)Cc1ccccc1.CC(C)=CCCC1=CCCCC1.CC(C)CCCC(C)(C)O.CCC(C)(O)CCc1ccccc1.COCCCC=C1CC2CC1C1CCCC21. The maximum Gasteiger partial charge on any atom is 0.106 e. The van der Waals surface area contributed by atoms with E-state index < -0.39 is 11.2 Å². The van der Waals surface area contributed by atoms with Gasteiger partial charge in [-0.25, -0.2) is 0 Å². The molecule has 65 heavy (non-hydrogen) atoms. The van der Waals surface area contributed by atoms with Gasteiger partial charge in [-0.1, -0.05) is 149 Å². The Bertz CT molecular complexity index is 1560. The van der Waals surface area contributed by atoms with Gasteiger partial charge in [0.2, 0.25) is 0 Å². The fraction of sp³-hybridized carbons (Fsp3) is 0.683. The summed E-state index contributed by atoms with van der Waals surface area (Å²) in [5, 5.41) is 28.2. The van der Waals surface area contributed by atoms with Crippen molar-refractivity contribution in [3.8, 4) is 0 Å². The number of hydrogen-bond donors (Lipinski definition) is 3. The standard InChI is InChI=1S/C15H24O.C12H18O.C12H20.C11H16O.C9H20O.CH2O/c1-16-8-3-2-5-11-9-12-10-15(11)14-7-4-6-13(12)14;1-3-12(2,13)10-9-11-7-5-4-6-8-11;1-11(2)7-6-10-12-8-4-3-5-9-12;1-11(2,9-12)8-10-6-4-3-5-7-10;1-8(2)6-5-7-9(3,4)10;1-2/h5,12-15H,2-4,6-10H2,1H3;4-8,13H,3,9-10H2,1-2H3;7-8H,3-6,9-10H2,1-2H3;3-7,12H,8-9H2,1-2H3;8,10H,5-7H2,1-4H3;1H2. The molecule has 0 heterocycles. The first-order valence-electron chi connectivity index (χ1n) is 25.8. The van der Waals surface area contributed by atoms with Gasteiger partial charge in [-0.2, -0.15) is 0 Å². The number of rotatable bonds is 18. The lowest BCUT2D eigenvalue weighted by Crippen LogP contribution is -2.23. The molecule has 0 amide bonds. The highest BCUT2D eigenvalue weighted by Crippen LogP contribution is 2.60. The molecule has 0 spiro atoms. The lowest BCUT2D eigenvalue weighted by atomic mass is 9.79. The van der Waals surface area contributed by atoms with Crippen molar-refractivity contribution in [3.05, 3.63) is 107 Å². The summed E-state index contributed by atoms with van der Waals surface area (Å²) in [6, 6.07) is 20.6. The van der Waals surface area contributed by atoms with Gasteiger partial charge >= 0.3 is 0 Å². The number of fused-ring (bicyclic) bond motifs is 5. The Labute approximate surface area is 401 Å². The van der Waals surface area contributed by atoms with Crippen LogP contribution in [0.3, 0.4) is 0 Å². The Kier molecular flexibility index (Phi) is 31.1. The van der Waals surface area contributed by atoms with E-state index in [9.17, 15) is 10.2 Å². The van der Waals surface area contributed by atoms with E-state index >= 15 is 0 Å². The zero-order valence-corrected chi connectivity index (χ0v) is 43.8. The summed E-state index contributed by atoms with van der Waals surface area (Å²) in [5.41, 5.74) is 6.59. The van der Waals surface area contributed by atoms with Gasteiger partial charge in [-0.05, 0) is 190 Å². The van der Waals surface area contributed by atoms with E-state index in [0.717, 1.165) is 74.7 Å². The molecular weight excluding hydrogens is 801 g/mol. The summed E-state index contributed by atoms with van der Waals surface area (Å²) in [6.45, 7) is 23.7. The number of carbonyl (C=O) groups excluding carboxylic acids is 1. The van der Waals surface area contributed by atoms with Crippen molar-refractivity contribution in [1.29, 1.82) is 0 Å². The third-order valence-corrected chi connectivity index (χ3v) is 13.7. The number of unbranched alkanes of at least 4 members (excludes halogenated alkanes) is 1. The molecule has 3 fully saturated rings. The van der Waals surface area contributed by atoms with Crippen LogP contribution in [0.25, 0.3) is 0 Å². The number of carbonyl (C=O) groups is 1. The molecule has 370 valence electrons. The van der Waals surface area contributed by atoms with Crippen molar-refractivity contribution in [2.75, 3.05) is 20.3 Å². The molecule has 4 aliphatic carbocycles. The Hall–Kier alpha value is -2.83. The number of allylic oxidation sites excluding steroid dienone is 6. The predicted octanol–water partition coefficient (Wildman–Crippen LogP) is 15.5. The molecule has 5 atom stereocenters. The largest absolute Gasteiger partial charge is 0.396 e. The number of benzene rings is 2. The van der Waals surface area contributed by atoms with Gasteiger partial charge in [-0.15, -0.1) is 0 Å². The topological polar surface area (TPSA) is 87.0 Å². The zero-order valence-electron chi connectivity index (χ0n) is 43.8. The molecule has 5 unspecified atom stereocenters. The van der Waals surface area contributed by atoms with Crippen LogP contribution in [0.1, 0.15) is 196 Å². The summed E-state index contributed by atoms with van der Waals surface area (Å²) in [6.07, 6.45) is 32.2. The average molecular weight is 901 g/mol. The first kappa shape index (κ1) is 60.2. The van der Waals surface area contributed by atoms with E-state index in [4.69, 9.17) is 14.6 Å². The van der Waals surface area contributed by atoms with Crippen molar-refractivity contribution in [1.82, 2.24) is 0 Å². The van der Waals surface area contributed by atoms with Crippen molar-refractivity contribution in [2.45, 2.75) is 209 Å². The predicted molar refractivity (Wildman–Crippen MR) is 280 cm³/mol. The summed E-state index contributed by atoms with van der Waals surface area (Å²) in [7, 11) is 1.80. The lowest BCUT2D eigenvalue weighted by molar-refractivity contribution is -0.0980. The van der Waals surface area contributed by atoms with E-state index in [1.165, 1.54) is 100 Å². The second-order valence-electron chi connectivity index (χ2n) is 21.8. The number of ether oxygens (including phenoxy) is 1. The minimum atomic E-state index is -0.504. The normalized spacial score (nSPS) is 21.0. The van der Waals surface area contributed by atoms with E-state index in [2.05, 4.69) is 84.0 Å². The zero-order chi connectivity index (χ0) is 48.7. The quantitative estimate of drug-likeness (QED) is 0.102. The summed E-state index contributed by atoms with van der Waals surface area (Å²) < 4.78 is 5.11. The van der Waals surface area contributed by atoms with E-state index in [1.807, 2.05) is 76.5 Å². The second-order valence-corrected chi connectivity index (χ2v) is 21.8. The van der Waals surface area contributed by atoms with Gasteiger partial charge in [0, 0.05) is 20.3 Å². The van der Waals surface area contributed by atoms with Crippen molar-refractivity contribution >= 4 is 6.79 Å². The Morgan fingerprint density at radius 3 is 2.00 bits per heavy atom. The molecule has 4 aliphatic rings. The maximum atomic E-state index is 9.78. The van der Waals surface area contributed by atoms with Gasteiger partial charge in [-0.3, -0.25) is 0 Å². The van der Waals surface area contributed by atoms with Crippen LogP contribution < -0.4 is 0 Å². The van der Waals surface area contributed by atoms with E-state index in [-0.39, 0.29) is 12.0 Å². The third-order valence-electron chi connectivity index (χ3n) is 13.7. The fourth-order valence-electron chi connectivity index (χ4n) is 9.70. The van der Waals surface area contributed by atoms with Gasteiger partial charge in [0.05, 0.1) is 11.2 Å².